The highest BCUT2D eigenvalue weighted by Crippen LogP contribution is 2.28. The zero-order chi connectivity index (χ0) is 23.4. The SMILES string of the molecule is Cc1ccc(-n2c(SCc3ccccc3)nnc2C(C)NS(=O)(=O)c2ccc(F)cc2)cc1. The lowest BCUT2D eigenvalue weighted by molar-refractivity contribution is 0.555. The van der Waals surface area contributed by atoms with Gasteiger partial charge in [0.1, 0.15) is 5.82 Å². The molecule has 0 spiro atoms. The number of hydrogen-bond donors (Lipinski definition) is 1. The van der Waals surface area contributed by atoms with Crippen LogP contribution < -0.4 is 4.72 Å². The third-order valence-electron chi connectivity index (χ3n) is 5.00. The molecule has 0 aliphatic heterocycles. The maximum atomic E-state index is 13.2. The standard InChI is InChI=1S/C24H23FN4O2S2/c1-17-8-12-21(13-9-17)29-23(26-27-24(29)32-16-19-6-4-3-5-7-19)18(2)28-33(30,31)22-14-10-20(25)11-15-22/h3-15,18,28H,16H2,1-2H3. The van der Waals surface area contributed by atoms with E-state index in [2.05, 4.69) is 14.9 Å². The van der Waals surface area contributed by atoms with Crippen molar-refractivity contribution in [1.29, 1.82) is 0 Å². The average molecular weight is 483 g/mol. The van der Waals surface area contributed by atoms with E-state index in [4.69, 9.17) is 0 Å². The number of hydrogen-bond acceptors (Lipinski definition) is 5. The Labute approximate surface area is 196 Å². The van der Waals surface area contributed by atoms with Crippen LogP contribution in [-0.2, 0) is 15.8 Å². The van der Waals surface area contributed by atoms with Gasteiger partial charge in [0.2, 0.25) is 10.0 Å². The summed E-state index contributed by atoms with van der Waals surface area (Å²) in [6, 6.07) is 21.9. The molecule has 0 saturated carbocycles. The first-order chi connectivity index (χ1) is 15.8. The maximum Gasteiger partial charge on any atom is 0.241 e. The molecule has 170 valence electrons. The number of rotatable bonds is 8. The summed E-state index contributed by atoms with van der Waals surface area (Å²) >= 11 is 1.52. The smallest absolute Gasteiger partial charge is 0.241 e. The largest absolute Gasteiger partial charge is 0.273 e. The van der Waals surface area contributed by atoms with E-state index in [1.165, 1.54) is 23.9 Å². The highest BCUT2D eigenvalue weighted by atomic mass is 32.2. The summed E-state index contributed by atoms with van der Waals surface area (Å²) in [7, 11) is -3.88. The Balaban J connectivity index is 1.65. The predicted octanol–water partition coefficient (Wildman–Crippen LogP) is 5.05. The fourth-order valence-corrected chi connectivity index (χ4v) is 5.40. The van der Waals surface area contributed by atoms with E-state index in [-0.39, 0.29) is 4.90 Å². The zero-order valence-electron chi connectivity index (χ0n) is 18.1. The predicted molar refractivity (Wildman–Crippen MR) is 127 cm³/mol. The van der Waals surface area contributed by atoms with Gasteiger partial charge >= 0.3 is 0 Å². The Hall–Kier alpha value is -3.01. The molecule has 0 saturated heterocycles. The van der Waals surface area contributed by atoms with Crippen LogP contribution in [0, 0.1) is 12.7 Å². The molecule has 9 heteroatoms. The van der Waals surface area contributed by atoms with E-state index in [1.807, 2.05) is 66.1 Å². The van der Waals surface area contributed by atoms with Crippen LogP contribution in [0.3, 0.4) is 0 Å². The molecule has 1 unspecified atom stereocenters. The quantitative estimate of drug-likeness (QED) is 0.356. The molecule has 0 aliphatic rings. The Morgan fingerprint density at radius 1 is 0.970 bits per heavy atom. The highest BCUT2D eigenvalue weighted by Gasteiger charge is 2.25. The molecule has 0 fully saturated rings. The van der Waals surface area contributed by atoms with Gasteiger partial charge in [-0.1, -0.05) is 59.8 Å². The molecule has 0 radical (unpaired) electrons. The van der Waals surface area contributed by atoms with Crippen molar-refractivity contribution in [3.63, 3.8) is 0 Å². The molecular formula is C24H23FN4O2S2. The monoisotopic (exact) mass is 482 g/mol. The summed E-state index contributed by atoms with van der Waals surface area (Å²) in [4.78, 5) is -0.0178. The lowest BCUT2D eigenvalue weighted by Crippen LogP contribution is -2.28. The van der Waals surface area contributed by atoms with Crippen molar-refractivity contribution < 1.29 is 12.8 Å². The minimum Gasteiger partial charge on any atom is -0.273 e. The van der Waals surface area contributed by atoms with Crippen LogP contribution in [0.2, 0.25) is 0 Å². The molecular weight excluding hydrogens is 459 g/mol. The van der Waals surface area contributed by atoms with Crippen molar-refractivity contribution in [1.82, 2.24) is 19.5 Å². The summed E-state index contributed by atoms with van der Waals surface area (Å²) in [5, 5.41) is 9.34. The fraction of sp³-hybridized carbons (Fsp3) is 0.167. The normalized spacial score (nSPS) is 12.6. The molecule has 3 aromatic carbocycles. The Kier molecular flexibility index (Phi) is 6.92. The maximum absolute atomic E-state index is 13.2. The van der Waals surface area contributed by atoms with Crippen LogP contribution in [0.25, 0.3) is 5.69 Å². The van der Waals surface area contributed by atoms with Gasteiger partial charge in [0, 0.05) is 11.4 Å². The van der Waals surface area contributed by atoms with Crippen molar-refractivity contribution in [3.8, 4) is 5.69 Å². The van der Waals surface area contributed by atoms with Crippen LogP contribution in [0.4, 0.5) is 4.39 Å². The van der Waals surface area contributed by atoms with Gasteiger partial charge in [0.15, 0.2) is 11.0 Å². The summed E-state index contributed by atoms with van der Waals surface area (Å²) in [6.07, 6.45) is 0. The van der Waals surface area contributed by atoms with Gasteiger partial charge in [-0.15, -0.1) is 10.2 Å². The molecule has 33 heavy (non-hydrogen) atoms. The van der Waals surface area contributed by atoms with Gasteiger partial charge in [0.25, 0.3) is 0 Å². The number of thioether (sulfide) groups is 1. The van der Waals surface area contributed by atoms with E-state index in [0.29, 0.717) is 16.7 Å². The molecule has 6 nitrogen and oxygen atoms in total. The Bertz CT molecular complexity index is 1320. The summed E-state index contributed by atoms with van der Waals surface area (Å²) < 4.78 is 43.4. The van der Waals surface area contributed by atoms with Crippen LogP contribution in [0.1, 0.15) is 29.9 Å². The fourth-order valence-electron chi connectivity index (χ4n) is 3.28. The van der Waals surface area contributed by atoms with E-state index in [1.54, 1.807) is 6.92 Å². The first kappa shape index (κ1) is 23.2. The van der Waals surface area contributed by atoms with Crippen molar-refractivity contribution in [2.24, 2.45) is 0 Å². The van der Waals surface area contributed by atoms with Gasteiger partial charge in [-0.25, -0.2) is 17.5 Å². The molecule has 1 atom stereocenters. The molecule has 0 amide bonds. The van der Waals surface area contributed by atoms with Crippen LogP contribution in [0.15, 0.2) is 88.9 Å². The van der Waals surface area contributed by atoms with Crippen LogP contribution >= 0.6 is 11.8 Å². The topological polar surface area (TPSA) is 76.9 Å². The Morgan fingerprint density at radius 3 is 2.30 bits per heavy atom. The molecule has 0 aliphatic carbocycles. The first-order valence-electron chi connectivity index (χ1n) is 10.3. The average Bonchev–Trinajstić information content (AvgIpc) is 3.23. The van der Waals surface area contributed by atoms with E-state index in [0.717, 1.165) is 28.9 Å². The second-order valence-electron chi connectivity index (χ2n) is 7.58. The third-order valence-corrected chi connectivity index (χ3v) is 7.56. The summed E-state index contributed by atoms with van der Waals surface area (Å²) in [5.74, 6) is 0.654. The Morgan fingerprint density at radius 2 is 1.64 bits per heavy atom. The summed E-state index contributed by atoms with van der Waals surface area (Å²) in [5.41, 5.74) is 3.09. The van der Waals surface area contributed by atoms with Crippen molar-refractivity contribution in [3.05, 3.63) is 102 Å². The lowest BCUT2D eigenvalue weighted by Gasteiger charge is -2.17. The number of nitrogens with zero attached hydrogens (tertiary/aromatic N) is 3. The number of aryl methyl sites for hydroxylation is 1. The summed E-state index contributed by atoms with van der Waals surface area (Å²) in [6.45, 7) is 3.71. The van der Waals surface area contributed by atoms with E-state index >= 15 is 0 Å². The van der Waals surface area contributed by atoms with Crippen molar-refractivity contribution in [2.45, 2.75) is 35.7 Å². The molecule has 4 rings (SSSR count). The van der Waals surface area contributed by atoms with Gasteiger partial charge in [-0.05, 0) is 55.8 Å². The number of nitrogens with one attached hydrogen (secondary N) is 1. The second-order valence-corrected chi connectivity index (χ2v) is 10.2. The van der Waals surface area contributed by atoms with E-state index < -0.39 is 21.9 Å². The van der Waals surface area contributed by atoms with Gasteiger partial charge in [0.05, 0.1) is 10.9 Å². The van der Waals surface area contributed by atoms with Crippen molar-refractivity contribution in [2.75, 3.05) is 0 Å². The first-order valence-corrected chi connectivity index (χ1v) is 12.8. The highest BCUT2D eigenvalue weighted by molar-refractivity contribution is 7.98. The number of benzene rings is 3. The molecule has 4 aromatic rings. The molecule has 1 N–H and O–H groups in total. The number of sulfonamides is 1. The third kappa shape index (κ3) is 5.50. The second kappa shape index (κ2) is 9.86. The van der Waals surface area contributed by atoms with E-state index in [9.17, 15) is 12.8 Å². The molecule has 0 bridgehead atoms. The minimum atomic E-state index is -3.88. The number of halogens is 1. The molecule has 1 heterocycles. The number of aromatic nitrogens is 3. The van der Waals surface area contributed by atoms with Gasteiger partial charge in [-0.2, -0.15) is 0 Å². The van der Waals surface area contributed by atoms with Crippen molar-refractivity contribution >= 4 is 21.8 Å². The van der Waals surface area contributed by atoms with Gasteiger partial charge < -0.3 is 0 Å². The minimum absolute atomic E-state index is 0.0178. The van der Waals surface area contributed by atoms with Gasteiger partial charge in [-0.3, -0.25) is 4.57 Å². The van der Waals surface area contributed by atoms with Crippen LogP contribution in [-0.4, -0.2) is 23.2 Å². The molecule has 1 aromatic heterocycles. The zero-order valence-corrected chi connectivity index (χ0v) is 19.8. The lowest BCUT2D eigenvalue weighted by atomic mass is 10.2. The van der Waals surface area contributed by atoms with Crippen LogP contribution in [0.5, 0.6) is 0 Å².